The van der Waals surface area contributed by atoms with E-state index < -0.39 is 11.9 Å². The highest BCUT2D eigenvalue weighted by Gasteiger charge is 2.50. The lowest BCUT2D eigenvalue weighted by atomic mass is 9.93. The molecular weight excluding hydrogens is 230 g/mol. The molecule has 0 aromatic carbocycles. The molecule has 0 aromatic rings. The predicted octanol–water partition coefficient (Wildman–Crippen LogP) is 2.13. The molecule has 0 bridgehead atoms. The van der Waals surface area contributed by atoms with Crippen molar-refractivity contribution in [2.24, 2.45) is 17.8 Å². The van der Waals surface area contributed by atoms with Crippen molar-refractivity contribution in [1.29, 1.82) is 0 Å². The highest BCUT2D eigenvalue weighted by molar-refractivity contribution is 5.89. The Hall–Kier alpha value is -1.06. The third-order valence-corrected chi connectivity index (χ3v) is 4.08. The average molecular weight is 253 g/mol. The molecule has 2 aliphatic rings. The van der Waals surface area contributed by atoms with Crippen LogP contribution in [0.5, 0.6) is 0 Å². The van der Waals surface area contributed by atoms with Crippen molar-refractivity contribution < 1.29 is 14.7 Å². The van der Waals surface area contributed by atoms with E-state index in [4.69, 9.17) is 5.11 Å². The van der Waals surface area contributed by atoms with Crippen LogP contribution < -0.4 is 0 Å². The number of carboxylic acid groups (broad SMARTS) is 1. The smallest absolute Gasteiger partial charge is 0.307 e. The Morgan fingerprint density at radius 2 is 2.00 bits per heavy atom. The first-order valence-electron chi connectivity index (χ1n) is 7.04. The molecule has 1 N–H and O–H groups in total. The van der Waals surface area contributed by atoms with Gasteiger partial charge in [0.05, 0.1) is 11.8 Å². The zero-order chi connectivity index (χ0) is 13.3. The maximum Gasteiger partial charge on any atom is 0.307 e. The molecule has 1 amide bonds. The fraction of sp³-hybridized carbons (Fsp3) is 0.857. The third-order valence-electron chi connectivity index (χ3n) is 4.08. The summed E-state index contributed by atoms with van der Waals surface area (Å²) in [4.78, 5) is 25.1. The van der Waals surface area contributed by atoms with Crippen LogP contribution in [0.2, 0.25) is 0 Å². The average Bonchev–Trinajstić information content (AvgIpc) is 3.08. The number of carbonyl (C=O) groups excluding carboxylic acids is 1. The second-order valence-electron chi connectivity index (χ2n) is 6.10. The van der Waals surface area contributed by atoms with Gasteiger partial charge in [-0.15, -0.1) is 0 Å². The zero-order valence-corrected chi connectivity index (χ0v) is 11.3. The lowest BCUT2D eigenvalue weighted by Crippen LogP contribution is -2.45. The molecule has 4 heteroatoms. The van der Waals surface area contributed by atoms with Gasteiger partial charge in [-0.2, -0.15) is 0 Å². The van der Waals surface area contributed by atoms with Gasteiger partial charge in [0, 0.05) is 12.6 Å². The van der Waals surface area contributed by atoms with Crippen LogP contribution >= 0.6 is 0 Å². The van der Waals surface area contributed by atoms with Gasteiger partial charge >= 0.3 is 5.97 Å². The minimum atomic E-state index is -0.814. The van der Waals surface area contributed by atoms with Gasteiger partial charge in [-0.1, -0.05) is 13.8 Å². The summed E-state index contributed by atoms with van der Waals surface area (Å²) in [5.74, 6) is -0.800. The van der Waals surface area contributed by atoms with Crippen molar-refractivity contribution >= 4 is 11.9 Å². The third kappa shape index (κ3) is 2.85. The largest absolute Gasteiger partial charge is 0.481 e. The van der Waals surface area contributed by atoms with Crippen LogP contribution in [0, 0.1) is 17.8 Å². The number of rotatable bonds is 4. The van der Waals surface area contributed by atoms with E-state index in [1.54, 1.807) is 0 Å². The molecule has 4 nitrogen and oxygen atoms in total. The molecule has 0 aromatic heterocycles. The SMILES string of the molecule is CC(C)CC1CCCCN1C(=O)C1CC1C(=O)O. The topological polar surface area (TPSA) is 57.6 Å². The molecule has 1 saturated heterocycles. The Bertz CT molecular complexity index is 340. The van der Waals surface area contributed by atoms with Crippen molar-refractivity contribution in [3.05, 3.63) is 0 Å². The van der Waals surface area contributed by atoms with Crippen molar-refractivity contribution in [3.63, 3.8) is 0 Å². The summed E-state index contributed by atoms with van der Waals surface area (Å²) in [7, 11) is 0. The number of carboxylic acids is 1. The molecule has 102 valence electrons. The van der Waals surface area contributed by atoms with Crippen molar-refractivity contribution in [1.82, 2.24) is 4.90 Å². The van der Waals surface area contributed by atoms with E-state index in [1.807, 2.05) is 4.90 Å². The molecule has 2 fully saturated rings. The number of carbonyl (C=O) groups is 2. The van der Waals surface area contributed by atoms with Crippen LogP contribution in [0.25, 0.3) is 0 Å². The summed E-state index contributed by atoms with van der Waals surface area (Å²) in [6, 6.07) is 0.335. The van der Waals surface area contributed by atoms with E-state index in [9.17, 15) is 9.59 Å². The van der Waals surface area contributed by atoms with E-state index in [0.29, 0.717) is 18.4 Å². The molecule has 0 spiro atoms. The van der Waals surface area contributed by atoms with Gasteiger partial charge in [-0.25, -0.2) is 0 Å². The Balaban J connectivity index is 1.96. The zero-order valence-electron chi connectivity index (χ0n) is 11.3. The van der Waals surface area contributed by atoms with Gasteiger partial charge in [-0.05, 0) is 38.0 Å². The predicted molar refractivity (Wildman–Crippen MR) is 68.0 cm³/mol. The van der Waals surface area contributed by atoms with Crippen molar-refractivity contribution in [3.8, 4) is 0 Å². The Kier molecular flexibility index (Phi) is 3.93. The molecule has 3 unspecified atom stereocenters. The van der Waals surface area contributed by atoms with Crippen molar-refractivity contribution in [2.75, 3.05) is 6.54 Å². The first kappa shape index (κ1) is 13.4. The number of amides is 1. The van der Waals surface area contributed by atoms with Crippen LogP contribution in [-0.4, -0.2) is 34.5 Å². The normalized spacial score (nSPS) is 31.5. The molecule has 3 atom stereocenters. The minimum Gasteiger partial charge on any atom is -0.481 e. The molecule has 0 radical (unpaired) electrons. The summed E-state index contributed by atoms with van der Waals surface area (Å²) < 4.78 is 0. The van der Waals surface area contributed by atoms with E-state index in [1.165, 1.54) is 6.42 Å². The van der Waals surface area contributed by atoms with Crippen LogP contribution in [0.1, 0.15) is 46.0 Å². The number of likely N-dealkylation sites (tertiary alicyclic amines) is 1. The molecule has 1 saturated carbocycles. The number of piperidine rings is 1. The number of hydrogen-bond acceptors (Lipinski definition) is 2. The lowest BCUT2D eigenvalue weighted by molar-refractivity contribution is -0.143. The van der Waals surface area contributed by atoms with Gasteiger partial charge in [0.15, 0.2) is 0 Å². The van der Waals surface area contributed by atoms with E-state index in [-0.39, 0.29) is 11.8 Å². The van der Waals surface area contributed by atoms with Gasteiger partial charge in [0.25, 0.3) is 0 Å². The lowest BCUT2D eigenvalue weighted by Gasteiger charge is -2.37. The van der Waals surface area contributed by atoms with Gasteiger partial charge in [-0.3, -0.25) is 9.59 Å². The highest BCUT2D eigenvalue weighted by atomic mass is 16.4. The highest BCUT2D eigenvalue weighted by Crippen LogP contribution is 2.41. The second-order valence-corrected chi connectivity index (χ2v) is 6.10. The molecule has 1 aliphatic heterocycles. The van der Waals surface area contributed by atoms with Gasteiger partial charge < -0.3 is 10.0 Å². The van der Waals surface area contributed by atoms with E-state index >= 15 is 0 Å². The van der Waals surface area contributed by atoms with E-state index in [2.05, 4.69) is 13.8 Å². The van der Waals surface area contributed by atoms with Crippen LogP contribution in [0.4, 0.5) is 0 Å². The molecule has 18 heavy (non-hydrogen) atoms. The maximum atomic E-state index is 12.3. The Labute approximate surface area is 108 Å². The quantitative estimate of drug-likeness (QED) is 0.835. The first-order valence-corrected chi connectivity index (χ1v) is 7.04. The summed E-state index contributed by atoms with van der Waals surface area (Å²) >= 11 is 0. The monoisotopic (exact) mass is 253 g/mol. The molecule has 1 aliphatic carbocycles. The first-order chi connectivity index (χ1) is 8.50. The molecular formula is C14H23NO3. The Morgan fingerprint density at radius 1 is 1.28 bits per heavy atom. The second kappa shape index (κ2) is 5.29. The number of nitrogens with zero attached hydrogens (tertiary/aromatic N) is 1. The summed E-state index contributed by atoms with van der Waals surface area (Å²) in [6.45, 7) is 5.17. The summed E-state index contributed by atoms with van der Waals surface area (Å²) in [6.07, 6.45) is 4.91. The fourth-order valence-electron chi connectivity index (χ4n) is 3.03. The van der Waals surface area contributed by atoms with Crippen molar-refractivity contribution in [2.45, 2.75) is 52.0 Å². The number of hydrogen-bond donors (Lipinski definition) is 1. The molecule has 1 heterocycles. The number of aliphatic carboxylic acids is 1. The Morgan fingerprint density at radius 3 is 2.56 bits per heavy atom. The van der Waals surface area contributed by atoms with Gasteiger partial charge in [0.1, 0.15) is 0 Å². The van der Waals surface area contributed by atoms with Gasteiger partial charge in [0.2, 0.25) is 5.91 Å². The van der Waals surface area contributed by atoms with Crippen LogP contribution in [0.15, 0.2) is 0 Å². The standard InChI is InChI=1S/C14H23NO3/c1-9(2)7-10-5-3-4-6-15(10)13(16)11-8-12(11)14(17)18/h9-12H,3-8H2,1-2H3,(H,17,18). The fourth-order valence-corrected chi connectivity index (χ4v) is 3.03. The van der Waals surface area contributed by atoms with Crippen LogP contribution in [-0.2, 0) is 9.59 Å². The maximum absolute atomic E-state index is 12.3. The van der Waals surface area contributed by atoms with Crippen LogP contribution in [0.3, 0.4) is 0 Å². The summed E-state index contributed by atoms with van der Waals surface area (Å²) in [5, 5.41) is 8.91. The molecule has 2 rings (SSSR count). The van der Waals surface area contributed by atoms with E-state index in [0.717, 1.165) is 25.8 Å². The summed E-state index contributed by atoms with van der Waals surface area (Å²) in [5.41, 5.74) is 0. The minimum absolute atomic E-state index is 0.0905.